The van der Waals surface area contributed by atoms with Gasteiger partial charge in [0.05, 0.1) is 0 Å². The fraction of sp³-hybridized carbons (Fsp3) is 0.300. The SMILES string of the molecule is N=N/C(Cc1ccc(Cl)cc1Cl)=N\NC(=O)N1CCN(Cc2ccccc2)CC1. The van der Waals surface area contributed by atoms with E-state index in [4.69, 9.17) is 28.7 Å². The van der Waals surface area contributed by atoms with Crippen LogP contribution in [0.3, 0.4) is 0 Å². The van der Waals surface area contributed by atoms with Crippen LogP contribution < -0.4 is 5.43 Å². The number of hydrogen-bond donors (Lipinski definition) is 2. The van der Waals surface area contributed by atoms with Gasteiger partial charge in [0, 0.05) is 49.2 Å². The van der Waals surface area contributed by atoms with Gasteiger partial charge >= 0.3 is 6.03 Å². The van der Waals surface area contributed by atoms with E-state index >= 15 is 0 Å². The van der Waals surface area contributed by atoms with Crippen LogP contribution in [0.5, 0.6) is 0 Å². The number of amidine groups is 1. The third kappa shape index (κ3) is 6.25. The summed E-state index contributed by atoms with van der Waals surface area (Å²) in [4.78, 5) is 16.4. The fourth-order valence-corrected chi connectivity index (χ4v) is 3.55. The standard InChI is InChI=1S/C20H22Cl2N6O/c21-17-7-6-16(18(22)13-17)12-19(24-23)25-26-20(29)28-10-8-27(9-11-28)14-15-4-2-1-3-5-15/h1-7,13,23H,8-12,14H2,(H,26,29)/b24-23?,25-19-. The lowest BCUT2D eigenvalue weighted by Gasteiger charge is -2.34. The molecule has 0 aliphatic carbocycles. The first-order valence-corrected chi connectivity index (χ1v) is 10.00. The van der Waals surface area contributed by atoms with Crippen LogP contribution in [-0.2, 0) is 13.0 Å². The molecule has 0 saturated carbocycles. The summed E-state index contributed by atoms with van der Waals surface area (Å²) in [6, 6.07) is 15.0. The first kappa shape index (κ1) is 21.2. The molecule has 1 saturated heterocycles. The highest BCUT2D eigenvalue weighted by Crippen LogP contribution is 2.21. The van der Waals surface area contributed by atoms with Crippen LogP contribution in [-0.4, -0.2) is 47.8 Å². The number of carbonyl (C=O) groups is 1. The van der Waals surface area contributed by atoms with E-state index in [9.17, 15) is 4.79 Å². The second kappa shape index (κ2) is 10.3. The normalized spacial score (nSPS) is 15.2. The van der Waals surface area contributed by atoms with Crippen LogP contribution in [0.2, 0.25) is 10.0 Å². The predicted molar refractivity (Wildman–Crippen MR) is 115 cm³/mol. The highest BCUT2D eigenvalue weighted by atomic mass is 35.5. The van der Waals surface area contributed by atoms with Crippen LogP contribution in [0.15, 0.2) is 58.7 Å². The van der Waals surface area contributed by atoms with Gasteiger partial charge in [-0.25, -0.2) is 15.8 Å². The van der Waals surface area contributed by atoms with Crippen molar-refractivity contribution in [2.45, 2.75) is 13.0 Å². The Morgan fingerprint density at radius 2 is 1.79 bits per heavy atom. The molecule has 2 aromatic carbocycles. The summed E-state index contributed by atoms with van der Waals surface area (Å²) >= 11 is 12.0. The maximum Gasteiger partial charge on any atom is 0.337 e. The molecule has 3 rings (SSSR count). The van der Waals surface area contributed by atoms with Gasteiger partial charge in [0.1, 0.15) is 0 Å². The summed E-state index contributed by atoms with van der Waals surface area (Å²) in [5.41, 5.74) is 11.8. The Kier molecular flexibility index (Phi) is 7.57. The molecule has 29 heavy (non-hydrogen) atoms. The first-order valence-electron chi connectivity index (χ1n) is 9.24. The Morgan fingerprint density at radius 3 is 2.45 bits per heavy atom. The quantitative estimate of drug-likeness (QED) is 0.317. The number of nitrogens with zero attached hydrogens (tertiary/aromatic N) is 4. The van der Waals surface area contributed by atoms with Crippen molar-refractivity contribution in [3.05, 3.63) is 69.7 Å². The van der Waals surface area contributed by atoms with E-state index in [0.29, 0.717) is 23.1 Å². The molecule has 0 bridgehead atoms. The second-order valence-electron chi connectivity index (χ2n) is 6.72. The van der Waals surface area contributed by atoms with E-state index in [-0.39, 0.29) is 18.3 Å². The minimum Gasteiger partial charge on any atom is -0.321 e. The zero-order chi connectivity index (χ0) is 20.6. The largest absolute Gasteiger partial charge is 0.337 e. The van der Waals surface area contributed by atoms with E-state index in [0.717, 1.165) is 25.2 Å². The zero-order valence-electron chi connectivity index (χ0n) is 15.8. The van der Waals surface area contributed by atoms with Crippen molar-refractivity contribution in [1.82, 2.24) is 15.2 Å². The maximum absolute atomic E-state index is 12.4. The number of halogens is 2. The van der Waals surface area contributed by atoms with Crippen LogP contribution in [0.25, 0.3) is 0 Å². The molecule has 1 fully saturated rings. The molecular formula is C20H22Cl2N6O. The number of amides is 2. The van der Waals surface area contributed by atoms with Crippen LogP contribution in [0.4, 0.5) is 4.79 Å². The van der Waals surface area contributed by atoms with Crippen LogP contribution >= 0.6 is 23.2 Å². The number of carbonyl (C=O) groups excluding carboxylic acids is 1. The highest BCUT2D eigenvalue weighted by Gasteiger charge is 2.21. The van der Waals surface area contributed by atoms with Gasteiger partial charge in [0.15, 0.2) is 5.84 Å². The van der Waals surface area contributed by atoms with Gasteiger partial charge in [0.25, 0.3) is 0 Å². The minimum absolute atomic E-state index is 0.158. The highest BCUT2D eigenvalue weighted by molar-refractivity contribution is 6.35. The van der Waals surface area contributed by atoms with Crippen molar-refractivity contribution in [2.24, 2.45) is 10.2 Å². The number of nitrogens with one attached hydrogen (secondary N) is 2. The molecule has 0 aromatic heterocycles. The molecule has 0 unspecified atom stereocenters. The van der Waals surface area contributed by atoms with E-state index in [1.165, 1.54) is 5.56 Å². The predicted octanol–water partition coefficient (Wildman–Crippen LogP) is 4.41. The average Bonchev–Trinajstić information content (AvgIpc) is 2.73. The van der Waals surface area contributed by atoms with Gasteiger partial charge in [-0.3, -0.25) is 4.90 Å². The zero-order valence-corrected chi connectivity index (χ0v) is 17.3. The molecule has 2 aromatic rings. The number of piperazine rings is 1. The summed E-state index contributed by atoms with van der Waals surface area (Å²) in [7, 11) is 0. The Morgan fingerprint density at radius 1 is 1.07 bits per heavy atom. The third-order valence-corrected chi connectivity index (χ3v) is 5.27. The minimum atomic E-state index is -0.298. The van der Waals surface area contributed by atoms with Gasteiger partial charge < -0.3 is 4.90 Å². The van der Waals surface area contributed by atoms with Crippen LogP contribution in [0.1, 0.15) is 11.1 Å². The molecule has 0 atom stereocenters. The summed E-state index contributed by atoms with van der Waals surface area (Å²) < 4.78 is 0. The Labute approximate surface area is 179 Å². The van der Waals surface area contributed by atoms with Crippen molar-refractivity contribution in [1.29, 1.82) is 5.53 Å². The van der Waals surface area contributed by atoms with Gasteiger partial charge in [-0.05, 0) is 23.3 Å². The van der Waals surface area contributed by atoms with Crippen molar-refractivity contribution in [3.63, 3.8) is 0 Å². The van der Waals surface area contributed by atoms with Crippen molar-refractivity contribution >= 4 is 35.1 Å². The lowest BCUT2D eigenvalue weighted by atomic mass is 10.1. The lowest BCUT2D eigenvalue weighted by molar-refractivity contribution is 0.135. The second-order valence-corrected chi connectivity index (χ2v) is 7.56. The monoisotopic (exact) mass is 432 g/mol. The molecule has 2 N–H and O–H groups in total. The molecule has 7 nitrogen and oxygen atoms in total. The molecule has 2 amide bonds. The van der Waals surface area contributed by atoms with E-state index in [1.807, 2.05) is 18.2 Å². The number of rotatable bonds is 5. The molecule has 9 heteroatoms. The molecule has 1 aliphatic rings. The van der Waals surface area contributed by atoms with E-state index < -0.39 is 0 Å². The summed E-state index contributed by atoms with van der Waals surface area (Å²) in [6.45, 7) is 3.69. The van der Waals surface area contributed by atoms with Crippen molar-refractivity contribution in [3.8, 4) is 0 Å². The molecule has 0 spiro atoms. The Hall–Kier alpha value is -2.48. The molecule has 1 heterocycles. The van der Waals surface area contributed by atoms with Gasteiger partial charge in [0.2, 0.25) is 0 Å². The molecule has 1 aliphatic heterocycles. The first-order chi connectivity index (χ1) is 14.0. The van der Waals surface area contributed by atoms with Crippen molar-refractivity contribution in [2.75, 3.05) is 26.2 Å². The summed E-state index contributed by atoms with van der Waals surface area (Å²) in [5.74, 6) is 0.158. The number of hydrogen-bond acceptors (Lipinski definition) is 4. The summed E-state index contributed by atoms with van der Waals surface area (Å²) in [6.07, 6.45) is 0.227. The van der Waals surface area contributed by atoms with E-state index in [1.54, 1.807) is 23.1 Å². The Bertz CT molecular complexity index is 882. The maximum atomic E-state index is 12.4. The van der Waals surface area contributed by atoms with E-state index in [2.05, 4.69) is 32.7 Å². The number of benzene rings is 2. The fourth-order valence-electron chi connectivity index (χ4n) is 3.07. The average molecular weight is 433 g/mol. The summed E-state index contributed by atoms with van der Waals surface area (Å²) in [5, 5.41) is 8.36. The van der Waals surface area contributed by atoms with Crippen molar-refractivity contribution < 1.29 is 4.79 Å². The molecular weight excluding hydrogens is 411 g/mol. The molecule has 0 radical (unpaired) electrons. The Balaban J connectivity index is 1.49. The van der Waals surface area contributed by atoms with Gasteiger partial charge in [-0.1, -0.05) is 59.6 Å². The van der Waals surface area contributed by atoms with Gasteiger partial charge in [-0.2, -0.15) is 5.10 Å². The topological polar surface area (TPSA) is 84.1 Å². The number of hydrazone groups is 1. The van der Waals surface area contributed by atoms with Crippen LogP contribution in [0, 0.1) is 5.53 Å². The third-order valence-electron chi connectivity index (χ3n) is 4.68. The molecule has 152 valence electrons. The van der Waals surface area contributed by atoms with Gasteiger partial charge in [-0.15, -0.1) is 5.11 Å². The smallest absolute Gasteiger partial charge is 0.321 e. The number of urea groups is 1. The lowest BCUT2D eigenvalue weighted by Crippen LogP contribution is -2.50.